The van der Waals surface area contributed by atoms with Gasteiger partial charge in [-0.2, -0.15) is 0 Å². The maximum atomic E-state index is 11.5. The quantitative estimate of drug-likeness (QED) is 0.728. The predicted octanol–water partition coefficient (Wildman–Crippen LogP) is 0.960. The molecule has 1 saturated heterocycles. The first-order valence-corrected chi connectivity index (χ1v) is 6.68. The van der Waals surface area contributed by atoms with E-state index < -0.39 is 5.54 Å². The molecule has 1 heterocycles. The van der Waals surface area contributed by atoms with Crippen LogP contribution in [0.3, 0.4) is 0 Å². The monoisotopic (exact) mass is 241 g/mol. The second-order valence-electron chi connectivity index (χ2n) is 5.66. The molecule has 0 aromatic heterocycles. The van der Waals surface area contributed by atoms with Crippen molar-refractivity contribution in [3.63, 3.8) is 0 Å². The second kappa shape index (κ2) is 5.83. The third kappa shape index (κ3) is 3.68. The number of hydrogen-bond donors (Lipinski definition) is 2. The van der Waals surface area contributed by atoms with Crippen LogP contribution in [0.15, 0.2) is 0 Å². The highest BCUT2D eigenvalue weighted by Crippen LogP contribution is 2.23. The molecule has 0 radical (unpaired) electrons. The van der Waals surface area contributed by atoms with Gasteiger partial charge in [0.25, 0.3) is 0 Å². The molecule has 4 heteroatoms. The maximum absolute atomic E-state index is 11.5. The number of likely N-dealkylation sites (tertiary alicyclic amines) is 1. The summed E-state index contributed by atoms with van der Waals surface area (Å²) in [7, 11) is 0. The molecule has 3 unspecified atom stereocenters. The van der Waals surface area contributed by atoms with E-state index in [2.05, 4.69) is 24.1 Å². The fourth-order valence-electron chi connectivity index (χ4n) is 2.75. The van der Waals surface area contributed by atoms with E-state index in [1.165, 1.54) is 6.42 Å². The minimum atomic E-state index is -0.569. The van der Waals surface area contributed by atoms with Gasteiger partial charge in [-0.15, -0.1) is 0 Å². The number of nitrogens with two attached hydrogens (primary N) is 1. The van der Waals surface area contributed by atoms with E-state index in [4.69, 9.17) is 5.73 Å². The zero-order chi connectivity index (χ0) is 13.1. The van der Waals surface area contributed by atoms with Crippen LogP contribution in [0.1, 0.15) is 40.5 Å². The van der Waals surface area contributed by atoms with Crippen LogP contribution in [0.2, 0.25) is 0 Å². The molecule has 1 fully saturated rings. The van der Waals surface area contributed by atoms with E-state index in [1.807, 2.05) is 13.8 Å². The average molecular weight is 241 g/mol. The van der Waals surface area contributed by atoms with Gasteiger partial charge in [-0.05, 0) is 39.2 Å². The first kappa shape index (κ1) is 14.5. The molecule has 1 amide bonds. The van der Waals surface area contributed by atoms with Crippen LogP contribution >= 0.6 is 0 Å². The summed E-state index contributed by atoms with van der Waals surface area (Å²) in [5, 5.41) is 3.21. The highest BCUT2D eigenvalue weighted by atomic mass is 16.1. The summed E-state index contributed by atoms with van der Waals surface area (Å²) in [6, 6.07) is 0.628. The Hall–Kier alpha value is -0.610. The Morgan fingerprint density at radius 3 is 2.59 bits per heavy atom. The van der Waals surface area contributed by atoms with Crippen molar-refractivity contribution in [3.8, 4) is 0 Å². The number of rotatable bonds is 6. The molecular weight excluding hydrogens is 214 g/mol. The molecule has 1 aliphatic heterocycles. The van der Waals surface area contributed by atoms with Crippen LogP contribution < -0.4 is 11.1 Å². The lowest BCUT2D eigenvalue weighted by atomic mass is 9.96. The van der Waals surface area contributed by atoms with Crippen LogP contribution in [0, 0.1) is 5.92 Å². The van der Waals surface area contributed by atoms with Gasteiger partial charge in [-0.25, -0.2) is 0 Å². The molecule has 3 N–H and O–H groups in total. The number of nitrogens with one attached hydrogen (secondary N) is 1. The van der Waals surface area contributed by atoms with E-state index in [1.54, 1.807) is 0 Å². The lowest BCUT2D eigenvalue weighted by molar-refractivity contribution is -0.124. The number of nitrogens with zero attached hydrogens (tertiary/aromatic N) is 1. The summed E-state index contributed by atoms with van der Waals surface area (Å²) >= 11 is 0. The van der Waals surface area contributed by atoms with E-state index in [0.717, 1.165) is 32.0 Å². The van der Waals surface area contributed by atoms with Crippen molar-refractivity contribution in [1.82, 2.24) is 10.2 Å². The van der Waals surface area contributed by atoms with E-state index >= 15 is 0 Å². The molecule has 0 aromatic rings. The molecule has 0 aliphatic carbocycles. The molecule has 100 valence electrons. The zero-order valence-electron chi connectivity index (χ0n) is 11.6. The molecule has 1 aliphatic rings. The lowest BCUT2D eigenvalue weighted by Gasteiger charge is -2.30. The van der Waals surface area contributed by atoms with Crippen LogP contribution in [-0.4, -0.2) is 42.0 Å². The summed E-state index contributed by atoms with van der Waals surface area (Å²) in [5.74, 6) is 0.517. The Bertz CT molecular complexity index is 269. The third-order valence-corrected chi connectivity index (χ3v) is 3.92. The Morgan fingerprint density at radius 2 is 2.18 bits per heavy atom. The van der Waals surface area contributed by atoms with Crippen LogP contribution in [0.25, 0.3) is 0 Å². The molecule has 4 nitrogen and oxygen atoms in total. The van der Waals surface area contributed by atoms with E-state index in [-0.39, 0.29) is 5.91 Å². The molecule has 0 saturated carbocycles. The van der Waals surface area contributed by atoms with Crippen molar-refractivity contribution >= 4 is 5.91 Å². The van der Waals surface area contributed by atoms with Crippen molar-refractivity contribution in [2.24, 2.45) is 11.7 Å². The highest BCUT2D eigenvalue weighted by Gasteiger charge is 2.32. The Morgan fingerprint density at radius 1 is 1.53 bits per heavy atom. The van der Waals surface area contributed by atoms with Gasteiger partial charge in [0.15, 0.2) is 0 Å². The Kier molecular flexibility index (Phi) is 4.95. The normalized spacial score (nSPS) is 29.2. The summed E-state index contributed by atoms with van der Waals surface area (Å²) in [5.41, 5.74) is 4.91. The van der Waals surface area contributed by atoms with Crippen molar-refractivity contribution in [1.29, 1.82) is 0 Å². The standard InChI is InChI=1S/C13H27N3O/c1-5-15-13(4,12(14)17)6-7-16-9-10(2)8-11(16)3/h10-11,15H,5-9H2,1-4H3,(H2,14,17). The highest BCUT2D eigenvalue weighted by molar-refractivity contribution is 5.84. The van der Waals surface area contributed by atoms with Crippen molar-refractivity contribution in [2.75, 3.05) is 19.6 Å². The van der Waals surface area contributed by atoms with Gasteiger partial charge in [0.1, 0.15) is 0 Å². The van der Waals surface area contributed by atoms with Gasteiger partial charge in [0, 0.05) is 19.1 Å². The number of primary amides is 1. The topological polar surface area (TPSA) is 58.4 Å². The summed E-state index contributed by atoms with van der Waals surface area (Å²) in [6.07, 6.45) is 2.04. The lowest BCUT2D eigenvalue weighted by Crippen LogP contribution is -2.54. The van der Waals surface area contributed by atoms with Gasteiger partial charge in [-0.3, -0.25) is 4.79 Å². The number of carbonyl (C=O) groups excluding carboxylic acids is 1. The number of likely N-dealkylation sites (N-methyl/N-ethyl adjacent to an activating group) is 1. The van der Waals surface area contributed by atoms with Crippen LogP contribution in [0.4, 0.5) is 0 Å². The van der Waals surface area contributed by atoms with Gasteiger partial charge in [0.2, 0.25) is 5.91 Å². The number of hydrogen-bond acceptors (Lipinski definition) is 3. The van der Waals surface area contributed by atoms with E-state index in [9.17, 15) is 4.79 Å². The minimum Gasteiger partial charge on any atom is -0.368 e. The van der Waals surface area contributed by atoms with Crippen LogP contribution in [-0.2, 0) is 4.79 Å². The molecule has 1 rings (SSSR count). The Balaban J connectivity index is 2.50. The van der Waals surface area contributed by atoms with Crippen molar-refractivity contribution in [2.45, 2.75) is 52.1 Å². The molecule has 0 aromatic carbocycles. The fourth-order valence-corrected chi connectivity index (χ4v) is 2.75. The van der Waals surface area contributed by atoms with Gasteiger partial charge < -0.3 is 16.0 Å². The molecule has 17 heavy (non-hydrogen) atoms. The third-order valence-electron chi connectivity index (χ3n) is 3.92. The van der Waals surface area contributed by atoms with E-state index in [0.29, 0.717) is 6.04 Å². The smallest absolute Gasteiger partial charge is 0.237 e. The predicted molar refractivity (Wildman–Crippen MR) is 70.7 cm³/mol. The number of amides is 1. The first-order chi connectivity index (χ1) is 7.89. The van der Waals surface area contributed by atoms with Gasteiger partial charge in [-0.1, -0.05) is 13.8 Å². The average Bonchev–Trinajstić information content (AvgIpc) is 2.54. The zero-order valence-corrected chi connectivity index (χ0v) is 11.6. The largest absolute Gasteiger partial charge is 0.368 e. The summed E-state index contributed by atoms with van der Waals surface area (Å²) in [6.45, 7) is 11.3. The maximum Gasteiger partial charge on any atom is 0.237 e. The SMILES string of the molecule is CCNC(C)(CCN1CC(C)CC1C)C(N)=O. The van der Waals surface area contributed by atoms with Crippen LogP contribution in [0.5, 0.6) is 0 Å². The molecular formula is C13H27N3O. The fraction of sp³-hybridized carbons (Fsp3) is 0.923. The first-order valence-electron chi connectivity index (χ1n) is 6.68. The second-order valence-corrected chi connectivity index (χ2v) is 5.66. The van der Waals surface area contributed by atoms with Gasteiger partial charge >= 0.3 is 0 Å². The Labute approximate surface area is 105 Å². The van der Waals surface area contributed by atoms with Gasteiger partial charge in [0.05, 0.1) is 5.54 Å². The molecule has 3 atom stereocenters. The van der Waals surface area contributed by atoms with Crippen molar-refractivity contribution in [3.05, 3.63) is 0 Å². The minimum absolute atomic E-state index is 0.251. The number of carbonyl (C=O) groups is 1. The molecule has 0 bridgehead atoms. The summed E-state index contributed by atoms with van der Waals surface area (Å²) < 4.78 is 0. The summed E-state index contributed by atoms with van der Waals surface area (Å²) in [4.78, 5) is 14.0. The van der Waals surface area contributed by atoms with Crippen molar-refractivity contribution < 1.29 is 4.79 Å². The molecule has 0 spiro atoms.